The summed E-state index contributed by atoms with van der Waals surface area (Å²) in [5.41, 5.74) is 3.85. The average Bonchev–Trinajstić information content (AvgIpc) is 2.43. The molecule has 1 aliphatic rings. The third kappa shape index (κ3) is 4.46. The van der Waals surface area contributed by atoms with Crippen molar-refractivity contribution < 1.29 is 4.79 Å². The lowest BCUT2D eigenvalue weighted by molar-refractivity contribution is -0.130. The molecule has 0 unspecified atom stereocenters. The number of carbonyl (C=O) groups is 1. The number of benzene rings is 1. The first-order valence-corrected chi connectivity index (χ1v) is 7.72. The van der Waals surface area contributed by atoms with E-state index < -0.39 is 0 Å². The molecule has 116 valence electrons. The smallest absolute Gasteiger partial charge is 0.236 e. The fourth-order valence-electron chi connectivity index (χ4n) is 2.76. The monoisotopic (exact) mass is 289 g/mol. The molecule has 0 spiro atoms. The van der Waals surface area contributed by atoms with Gasteiger partial charge in [-0.1, -0.05) is 17.7 Å². The van der Waals surface area contributed by atoms with Crippen molar-refractivity contribution in [1.29, 1.82) is 0 Å². The summed E-state index contributed by atoms with van der Waals surface area (Å²) in [6.45, 7) is 6.80. The van der Waals surface area contributed by atoms with Crippen LogP contribution in [0.15, 0.2) is 18.2 Å². The van der Waals surface area contributed by atoms with E-state index in [1.54, 1.807) is 4.90 Å². The standard InChI is InChI=1S/C17H27N3O/c1-13-5-6-16(14(2)11-13)18-15-7-9-20(10-8-15)12-17(21)19(3)4/h5-6,11,15,18H,7-10,12H2,1-4H3. The topological polar surface area (TPSA) is 35.6 Å². The zero-order chi connectivity index (χ0) is 15.4. The summed E-state index contributed by atoms with van der Waals surface area (Å²) in [7, 11) is 3.63. The first kappa shape index (κ1) is 15.8. The molecule has 0 aromatic heterocycles. The molecular formula is C17H27N3O. The van der Waals surface area contributed by atoms with E-state index in [1.165, 1.54) is 16.8 Å². The third-order valence-corrected chi connectivity index (χ3v) is 4.19. The van der Waals surface area contributed by atoms with E-state index >= 15 is 0 Å². The first-order chi connectivity index (χ1) is 9.95. The number of hydrogen-bond donors (Lipinski definition) is 1. The van der Waals surface area contributed by atoms with E-state index in [1.807, 2.05) is 14.1 Å². The van der Waals surface area contributed by atoms with Gasteiger partial charge in [0.15, 0.2) is 0 Å². The molecule has 2 rings (SSSR count). The van der Waals surface area contributed by atoms with Crippen LogP contribution in [0.2, 0.25) is 0 Å². The fraction of sp³-hybridized carbons (Fsp3) is 0.588. The van der Waals surface area contributed by atoms with Crippen LogP contribution >= 0.6 is 0 Å². The van der Waals surface area contributed by atoms with Gasteiger partial charge in [-0.15, -0.1) is 0 Å². The molecule has 0 saturated carbocycles. The molecule has 4 heteroatoms. The van der Waals surface area contributed by atoms with Crippen LogP contribution in [-0.4, -0.2) is 55.5 Å². The van der Waals surface area contributed by atoms with Gasteiger partial charge in [-0.3, -0.25) is 9.69 Å². The van der Waals surface area contributed by atoms with Crippen LogP contribution in [0.5, 0.6) is 0 Å². The second-order valence-electron chi connectivity index (χ2n) is 6.30. The van der Waals surface area contributed by atoms with Crippen LogP contribution in [0, 0.1) is 13.8 Å². The van der Waals surface area contributed by atoms with Gasteiger partial charge in [0.2, 0.25) is 5.91 Å². The summed E-state index contributed by atoms with van der Waals surface area (Å²) < 4.78 is 0. The Morgan fingerprint density at radius 1 is 1.29 bits per heavy atom. The molecule has 0 aliphatic carbocycles. The molecule has 1 N–H and O–H groups in total. The lowest BCUT2D eigenvalue weighted by Crippen LogP contribution is -2.44. The highest BCUT2D eigenvalue weighted by atomic mass is 16.2. The number of nitrogens with one attached hydrogen (secondary N) is 1. The van der Waals surface area contributed by atoms with Crippen molar-refractivity contribution in [2.45, 2.75) is 32.7 Å². The number of anilines is 1. The van der Waals surface area contributed by atoms with E-state index in [4.69, 9.17) is 0 Å². The number of likely N-dealkylation sites (tertiary alicyclic amines) is 1. The maximum atomic E-state index is 11.7. The minimum atomic E-state index is 0.191. The minimum Gasteiger partial charge on any atom is -0.382 e. The summed E-state index contributed by atoms with van der Waals surface area (Å²) in [5.74, 6) is 0.191. The third-order valence-electron chi connectivity index (χ3n) is 4.19. The van der Waals surface area contributed by atoms with Gasteiger partial charge < -0.3 is 10.2 Å². The van der Waals surface area contributed by atoms with Gasteiger partial charge >= 0.3 is 0 Å². The maximum absolute atomic E-state index is 11.7. The van der Waals surface area contributed by atoms with Crippen LogP contribution < -0.4 is 5.32 Å². The van der Waals surface area contributed by atoms with Crippen LogP contribution in [0.1, 0.15) is 24.0 Å². The number of amides is 1. The van der Waals surface area contributed by atoms with Crippen LogP contribution in [-0.2, 0) is 4.79 Å². The van der Waals surface area contributed by atoms with E-state index in [9.17, 15) is 4.79 Å². The van der Waals surface area contributed by atoms with E-state index in [2.05, 4.69) is 42.3 Å². The first-order valence-electron chi connectivity index (χ1n) is 7.72. The quantitative estimate of drug-likeness (QED) is 0.923. The predicted octanol–water partition coefficient (Wildman–Crippen LogP) is 2.27. The maximum Gasteiger partial charge on any atom is 0.236 e. The second-order valence-corrected chi connectivity index (χ2v) is 6.30. The van der Waals surface area contributed by atoms with E-state index in [0.29, 0.717) is 12.6 Å². The Bertz CT molecular complexity index is 491. The Labute approximate surface area is 128 Å². The number of hydrogen-bond acceptors (Lipinski definition) is 3. The van der Waals surface area contributed by atoms with Crippen LogP contribution in [0.4, 0.5) is 5.69 Å². The van der Waals surface area contributed by atoms with Gasteiger partial charge in [0.25, 0.3) is 0 Å². The van der Waals surface area contributed by atoms with Gasteiger partial charge in [-0.25, -0.2) is 0 Å². The number of carbonyl (C=O) groups excluding carboxylic acids is 1. The highest BCUT2D eigenvalue weighted by Gasteiger charge is 2.21. The van der Waals surface area contributed by atoms with E-state index in [0.717, 1.165) is 25.9 Å². The summed E-state index contributed by atoms with van der Waals surface area (Å²) in [6, 6.07) is 7.05. The van der Waals surface area contributed by atoms with Crippen LogP contribution in [0.3, 0.4) is 0 Å². The Kier molecular flexibility index (Phi) is 5.23. The molecule has 1 heterocycles. The second kappa shape index (κ2) is 6.94. The number of nitrogens with zero attached hydrogens (tertiary/aromatic N) is 2. The van der Waals surface area contributed by atoms with Gasteiger partial charge in [0.1, 0.15) is 0 Å². The SMILES string of the molecule is Cc1ccc(NC2CCN(CC(=O)N(C)C)CC2)c(C)c1. The van der Waals surface area contributed by atoms with Crippen molar-refractivity contribution >= 4 is 11.6 Å². The largest absolute Gasteiger partial charge is 0.382 e. The zero-order valence-electron chi connectivity index (χ0n) is 13.6. The molecule has 0 radical (unpaired) electrons. The summed E-state index contributed by atoms with van der Waals surface area (Å²) in [6.07, 6.45) is 2.18. The highest BCUT2D eigenvalue weighted by molar-refractivity contribution is 5.77. The Balaban J connectivity index is 1.83. The molecule has 0 bridgehead atoms. The molecule has 1 fully saturated rings. The fourth-order valence-corrected chi connectivity index (χ4v) is 2.76. The van der Waals surface area contributed by atoms with Gasteiger partial charge in [-0.05, 0) is 38.3 Å². The summed E-state index contributed by atoms with van der Waals surface area (Å²) >= 11 is 0. The van der Waals surface area contributed by atoms with Crippen molar-refractivity contribution in [2.75, 3.05) is 39.0 Å². The Morgan fingerprint density at radius 2 is 1.95 bits per heavy atom. The summed E-state index contributed by atoms with van der Waals surface area (Å²) in [4.78, 5) is 15.6. The van der Waals surface area contributed by atoms with Crippen molar-refractivity contribution in [2.24, 2.45) is 0 Å². The minimum absolute atomic E-state index is 0.191. The molecule has 1 aromatic rings. The molecular weight excluding hydrogens is 262 g/mol. The van der Waals surface area contributed by atoms with Crippen molar-refractivity contribution in [1.82, 2.24) is 9.80 Å². The molecule has 4 nitrogen and oxygen atoms in total. The average molecular weight is 289 g/mol. The summed E-state index contributed by atoms with van der Waals surface area (Å²) in [5, 5.41) is 3.65. The number of aryl methyl sites for hydroxylation is 2. The van der Waals surface area contributed by atoms with E-state index in [-0.39, 0.29) is 5.91 Å². The number of likely N-dealkylation sites (N-methyl/N-ethyl adjacent to an activating group) is 1. The number of rotatable bonds is 4. The normalized spacial score (nSPS) is 16.8. The molecule has 1 saturated heterocycles. The number of piperidine rings is 1. The van der Waals surface area contributed by atoms with Gasteiger partial charge in [0, 0.05) is 38.9 Å². The van der Waals surface area contributed by atoms with Crippen molar-refractivity contribution in [3.63, 3.8) is 0 Å². The molecule has 21 heavy (non-hydrogen) atoms. The van der Waals surface area contributed by atoms with Crippen molar-refractivity contribution in [3.05, 3.63) is 29.3 Å². The predicted molar refractivity (Wildman–Crippen MR) is 87.7 cm³/mol. The van der Waals surface area contributed by atoms with Gasteiger partial charge in [-0.2, -0.15) is 0 Å². The van der Waals surface area contributed by atoms with Crippen molar-refractivity contribution in [3.8, 4) is 0 Å². The highest BCUT2D eigenvalue weighted by Crippen LogP contribution is 2.20. The molecule has 1 aromatic carbocycles. The molecule has 1 amide bonds. The van der Waals surface area contributed by atoms with Crippen LogP contribution in [0.25, 0.3) is 0 Å². The zero-order valence-corrected chi connectivity index (χ0v) is 13.6. The lowest BCUT2D eigenvalue weighted by Gasteiger charge is -2.33. The van der Waals surface area contributed by atoms with Gasteiger partial charge in [0.05, 0.1) is 6.54 Å². The lowest BCUT2D eigenvalue weighted by atomic mass is 10.0. The Morgan fingerprint density at radius 3 is 2.52 bits per heavy atom. The molecule has 1 aliphatic heterocycles. The molecule has 0 atom stereocenters. The Hall–Kier alpha value is -1.55.